The van der Waals surface area contributed by atoms with Crippen molar-refractivity contribution in [3.8, 4) is 5.75 Å². The van der Waals surface area contributed by atoms with E-state index in [2.05, 4.69) is 5.32 Å². The van der Waals surface area contributed by atoms with Gasteiger partial charge in [0.1, 0.15) is 5.75 Å². The number of carbonyl (C=O) groups is 1. The van der Waals surface area contributed by atoms with E-state index in [0.29, 0.717) is 23.1 Å². The lowest BCUT2D eigenvalue weighted by Gasteiger charge is -2.17. The molecular weight excluding hydrogens is 264 g/mol. The Balaban J connectivity index is 2.13. The molecule has 0 saturated heterocycles. The molecule has 1 aliphatic rings. The Hall–Kier alpha value is -1.26. The number of hydrogen-bond acceptors (Lipinski definition) is 3. The number of rotatable bonds is 4. The summed E-state index contributed by atoms with van der Waals surface area (Å²) in [5.41, 5.74) is 6.55. The van der Waals surface area contributed by atoms with E-state index in [-0.39, 0.29) is 17.9 Å². The normalized spacial score (nSPS) is 22.3. The molecule has 0 radical (unpaired) electrons. The van der Waals surface area contributed by atoms with Crippen LogP contribution in [0.25, 0.3) is 0 Å². The fourth-order valence-electron chi connectivity index (χ4n) is 2.42. The minimum atomic E-state index is -0.117. The summed E-state index contributed by atoms with van der Waals surface area (Å²) in [5.74, 6) is 0.466. The van der Waals surface area contributed by atoms with Gasteiger partial charge in [0.2, 0.25) is 5.91 Å². The van der Waals surface area contributed by atoms with Crippen LogP contribution in [0.5, 0.6) is 5.75 Å². The first-order valence-corrected chi connectivity index (χ1v) is 6.98. The van der Waals surface area contributed by atoms with Gasteiger partial charge in [-0.1, -0.05) is 18.0 Å². The predicted octanol–water partition coefficient (Wildman–Crippen LogP) is 2.80. The van der Waals surface area contributed by atoms with Crippen molar-refractivity contribution >= 4 is 23.2 Å². The van der Waals surface area contributed by atoms with E-state index < -0.39 is 0 Å². The Morgan fingerprint density at radius 2 is 2.32 bits per heavy atom. The Morgan fingerprint density at radius 1 is 1.53 bits per heavy atom. The van der Waals surface area contributed by atoms with Gasteiger partial charge in [0.25, 0.3) is 0 Å². The fraction of sp³-hybridized carbons (Fsp3) is 0.500. The lowest BCUT2D eigenvalue weighted by Crippen LogP contribution is -2.34. The molecule has 19 heavy (non-hydrogen) atoms. The van der Waals surface area contributed by atoms with E-state index in [4.69, 9.17) is 22.1 Å². The van der Waals surface area contributed by atoms with E-state index >= 15 is 0 Å². The van der Waals surface area contributed by atoms with Crippen LogP contribution in [0.2, 0.25) is 5.02 Å². The van der Waals surface area contributed by atoms with Crippen molar-refractivity contribution in [3.05, 3.63) is 23.2 Å². The smallest absolute Gasteiger partial charge is 0.229 e. The highest BCUT2D eigenvalue weighted by Crippen LogP contribution is 2.30. The van der Waals surface area contributed by atoms with Gasteiger partial charge in [-0.25, -0.2) is 0 Å². The number of nitrogens with one attached hydrogen (secondary N) is 1. The minimum absolute atomic E-state index is 0.0465. The molecule has 1 amide bonds. The molecule has 1 aromatic rings. The summed E-state index contributed by atoms with van der Waals surface area (Å²) in [6, 6.07) is 5.15. The number of halogens is 1. The second-order valence-electron chi connectivity index (χ2n) is 4.76. The van der Waals surface area contributed by atoms with Crippen LogP contribution in [0.1, 0.15) is 26.2 Å². The SMILES string of the molecule is CCOc1ccc(Cl)cc1NC(=O)C1CCCC1N. The first-order valence-electron chi connectivity index (χ1n) is 6.60. The Bertz CT molecular complexity index is 465. The maximum Gasteiger partial charge on any atom is 0.229 e. The standard InChI is InChI=1S/C14H19ClN2O2/c1-2-19-13-7-6-9(15)8-12(13)17-14(18)10-4-3-5-11(10)16/h6-8,10-11H,2-5,16H2,1H3,(H,17,18). The van der Waals surface area contributed by atoms with E-state index in [1.807, 2.05) is 6.92 Å². The van der Waals surface area contributed by atoms with Crippen molar-refractivity contribution in [2.24, 2.45) is 11.7 Å². The number of ether oxygens (including phenoxy) is 1. The van der Waals surface area contributed by atoms with Crippen molar-refractivity contribution < 1.29 is 9.53 Å². The summed E-state index contributed by atoms with van der Waals surface area (Å²) in [5, 5.41) is 3.44. The van der Waals surface area contributed by atoms with E-state index in [1.54, 1.807) is 18.2 Å². The van der Waals surface area contributed by atoms with Crippen LogP contribution in [-0.2, 0) is 4.79 Å². The van der Waals surface area contributed by atoms with Gasteiger partial charge in [0.05, 0.1) is 18.2 Å². The van der Waals surface area contributed by atoms with Gasteiger partial charge in [-0.2, -0.15) is 0 Å². The second-order valence-corrected chi connectivity index (χ2v) is 5.20. The second kappa shape index (κ2) is 6.26. The summed E-state index contributed by atoms with van der Waals surface area (Å²) >= 11 is 5.96. The van der Waals surface area contributed by atoms with Gasteiger partial charge in [-0.15, -0.1) is 0 Å². The number of amides is 1. The molecule has 0 heterocycles. The molecule has 2 rings (SSSR count). The lowest BCUT2D eigenvalue weighted by molar-refractivity contribution is -0.120. The molecule has 1 aliphatic carbocycles. The molecule has 4 nitrogen and oxygen atoms in total. The highest BCUT2D eigenvalue weighted by Gasteiger charge is 2.30. The fourth-order valence-corrected chi connectivity index (χ4v) is 2.59. The molecule has 1 saturated carbocycles. The summed E-state index contributed by atoms with van der Waals surface area (Å²) in [4.78, 5) is 12.2. The minimum Gasteiger partial charge on any atom is -0.492 e. The maximum atomic E-state index is 12.2. The van der Waals surface area contributed by atoms with Crippen molar-refractivity contribution in [1.29, 1.82) is 0 Å². The molecule has 1 fully saturated rings. The molecule has 3 N–H and O–H groups in total. The third kappa shape index (κ3) is 3.39. The highest BCUT2D eigenvalue weighted by atomic mass is 35.5. The van der Waals surface area contributed by atoms with Crippen LogP contribution < -0.4 is 15.8 Å². The summed E-state index contributed by atoms with van der Waals surface area (Å²) < 4.78 is 5.48. The number of nitrogens with two attached hydrogens (primary N) is 1. The summed E-state index contributed by atoms with van der Waals surface area (Å²) in [6.45, 7) is 2.43. The topological polar surface area (TPSA) is 64.3 Å². The Labute approximate surface area is 118 Å². The zero-order valence-corrected chi connectivity index (χ0v) is 11.7. The number of carbonyl (C=O) groups excluding carboxylic acids is 1. The van der Waals surface area contributed by atoms with Gasteiger partial charge in [-0.05, 0) is 38.0 Å². The first-order chi connectivity index (χ1) is 9.11. The molecule has 5 heteroatoms. The van der Waals surface area contributed by atoms with Crippen LogP contribution in [0.15, 0.2) is 18.2 Å². The average Bonchev–Trinajstić information content (AvgIpc) is 2.79. The van der Waals surface area contributed by atoms with Gasteiger partial charge >= 0.3 is 0 Å². The quantitative estimate of drug-likeness (QED) is 0.892. The van der Waals surface area contributed by atoms with Gasteiger partial charge in [-0.3, -0.25) is 4.79 Å². The van der Waals surface area contributed by atoms with E-state index in [0.717, 1.165) is 19.3 Å². The van der Waals surface area contributed by atoms with Crippen molar-refractivity contribution in [1.82, 2.24) is 0 Å². The third-order valence-electron chi connectivity index (χ3n) is 3.41. The molecule has 104 valence electrons. The van der Waals surface area contributed by atoms with Crippen LogP contribution in [-0.4, -0.2) is 18.6 Å². The maximum absolute atomic E-state index is 12.2. The van der Waals surface area contributed by atoms with Gasteiger partial charge in [0.15, 0.2) is 0 Å². The molecule has 0 aromatic heterocycles. The van der Waals surface area contributed by atoms with E-state index in [9.17, 15) is 4.79 Å². The van der Waals surface area contributed by atoms with Crippen molar-refractivity contribution in [2.45, 2.75) is 32.2 Å². The zero-order chi connectivity index (χ0) is 13.8. The first kappa shape index (κ1) is 14.2. The monoisotopic (exact) mass is 282 g/mol. The number of anilines is 1. The molecule has 0 bridgehead atoms. The van der Waals surface area contributed by atoms with Crippen LogP contribution in [0.3, 0.4) is 0 Å². The molecule has 2 atom stereocenters. The van der Waals surface area contributed by atoms with Gasteiger partial charge < -0.3 is 15.8 Å². The molecule has 0 spiro atoms. The summed E-state index contributed by atoms with van der Waals surface area (Å²) in [7, 11) is 0. The predicted molar refractivity (Wildman–Crippen MR) is 76.6 cm³/mol. The molecular formula is C14H19ClN2O2. The van der Waals surface area contributed by atoms with Crippen molar-refractivity contribution in [3.63, 3.8) is 0 Å². The highest BCUT2D eigenvalue weighted by molar-refractivity contribution is 6.31. The van der Waals surface area contributed by atoms with Gasteiger partial charge in [0, 0.05) is 11.1 Å². The van der Waals surface area contributed by atoms with E-state index in [1.165, 1.54) is 0 Å². The summed E-state index contributed by atoms with van der Waals surface area (Å²) in [6.07, 6.45) is 2.76. The number of hydrogen-bond donors (Lipinski definition) is 2. The molecule has 1 aromatic carbocycles. The van der Waals surface area contributed by atoms with Crippen molar-refractivity contribution in [2.75, 3.05) is 11.9 Å². The lowest BCUT2D eigenvalue weighted by atomic mass is 10.0. The molecule has 2 unspecified atom stereocenters. The number of benzene rings is 1. The molecule has 0 aliphatic heterocycles. The zero-order valence-electron chi connectivity index (χ0n) is 11.0. The van der Waals surface area contributed by atoms with Crippen LogP contribution in [0, 0.1) is 5.92 Å². The largest absolute Gasteiger partial charge is 0.492 e. The Kier molecular flexibility index (Phi) is 4.66. The van der Waals surface area contributed by atoms with Crippen LogP contribution in [0.4, 0.5) is 5.69 Å². The van der Waals surface area contributed by atoms with Crippen LogP contribution >= 0.6 is 11.6 Å². The average molecular weight is 283 g/mol. The third-order valence-corrected chi connectivity index (χ3v) is 3.64. The Morgan fingerprint density at radius 3 is 2.95 bits per heavy atom.